The van der Waals surface area contributed by atoms with Crippen molar-refractivity contribution >= 4 is 28.6 Å². The first-order valence-corrected chi connectivity index (χ1v) is 8.80. The van der Waals surface area contributed by atoms with Crippen molar-refractivity contribution in [3.05, 3.63) is 53.9 Å². The average Bonchev–Trinajstić information content (AvgIpc) is 3.27. The first kappa shape index (κ1) is 17.1. The van der Waals surface area contributed by atoms with Crippen LogP contribution < -0.4 is 5.32 Å². The molecule has 1 saturated heterocycles. The number of nitrogens with one attached hydrogen (secondary N) is 1. The Morgan fingerprint density at radius 3 is 2.89 bits per heavy atom. The molecule has 138 valence electrons. The molecule has 1 aromatic heterocycles. The van der Waals surface area contributed by atoms with Gasteiger partial charge in [-0.15, -0.1) is 0 Å². The van der Waals surface area contributed by atoms with E-state index >= 15 is 0 Å². The molecule has 2 amide bonds. The van der Waals surface area contributed by atoms with Gasteiger partial charge in [-0.05, 0) is 43.2 Å². The van der Waals surface area contributed by atoms with Gasteiger partial charge in [0.2, 0.25) is 5.91 Å². The van der Waals surface area contributed by atoms with E-state index in [-0.39, 0.29) is 23.1 Å². The standard InChI is InChI=1S/C20H19N3O4/c1-12-21-15-11-13(8-9-18(15)27-12)22-19(25)16-6-4-10-23(16)20(26)14-5-2-3-7-17(14)24/h2-3,5,7-9,11,16,24H,4,6,10H2,1H3,(H,22,25)/t16-/m0/s1. The third-order valence-electron chi connectivity index (χ3n) is 4.71. The monoisotopic (exact) mass is 365 g/mol. The summed E-state index contributed by atoms with van der Waals surface area (Å²) in [5, 5.41) is 12.8. The minimum Gasteiger partial charge on any atom is -0.507 e. The molecule has 7 heteroatoms. The van der Waals surface area contributed by atoms with Crippen LogP contribution >= 0.6 is 0 Å². The molecular formula is C20H19N3O4. The van der Waals surface area contributed by atoms with Crippen LogP contribution in [0.3, 0.4) is 0 Å². The molecule has 0 spiro atoms. The number of aryl methyl sites for hydroxylation is 1. The number of fused-ring (bicyclic) bond motifs is 1. The number of likely N-dealkylation sites (tertiary alicyclic amines) is 1. The van der Waals surface area contributed by atoms with Crippen molar-refractivity contribution < 1.29 is 19.1 Å². The molecule has 1 fully saturated rings. The summed E-state index contributed by atoms with van der Waals surface area (Å²) >= 11 is 0. The lowest BCUT2D eigenvalue weighted by Gasteiger charge is -2.24. The van der Waals surface area contributed by atoms with Crippen LogP contribution in [0.5, 0.6) is 5.75 Å². The highest BCUT2D eigenvalue weighted by atomic mass is 16.3. The molecule has 0 aliphatic carbocycles. The van der Waals surface area contributed by atoms with Gasteiger partial charge >= 0.3 is 0 Å². The van der Waals surface area contributed by atoms with E-state index in [4.69, 9.17) is 4.42 Å². The second kappa shape index (κ2) is 6.75. The zero-order valence-corrected chi connectivity index (χ0v) is 14.8. The SMILES string of the molecule is Cc1nc2cc(NC(=O)[C@@H]3CCCN3C(=O)c3ccccc3O)ccc2o1. The molecule has 1 aliphatic heterocycles. The number of aromatic nitrogens is 1. The summed E-state index contributed by atoms with van der Waals surface area (Å²) in [6.07, 6.45) is 1.31. The van der Waals surface area contributed by atoms with Crippen LogP contribution in [0.2, 0.25) is 0 Å². The van der Waals surface area contributed by atoms with Gasteiger partial charge in [-0.3, -0.25) is 9.59 Å². The highest BCUT2D eigenvalue weighted by Crippen LogP contribution is 2.26. The fraction of sp³-hybridized carbons (Fsp3) is 0.250. The zero-order chi connectivity index (χ0) is 19.0. The number of amides is 2. The number of carbonyl (C=O) groups excluding carboxylic acids is 2. The van der Waals surface area contributed by atoms with Crippen molar-refractivity contribution in [2.24, 2.45) is 0 Å². The molecule has 1 atom stereocenters. The van der Waals surface area contributed by atoms with Crippen molar-refractivity contribution in [2.75, 3.05) is 11.9 Å². The Bertz CT molecular complexity index is 1030. The van der Waals surface area contributed by atoms with Crippen LogP contribution in [-0.4, -0.2) is 39.4 Å². The Hall–Kier alpha value is -3.35. The molecule has 3 aromatic rings. The molecular weight excluding hydrogens is 346 g/mol. The highest BCUT2D eigenvalue weighted by Gasteiger charge is 2.35. The summed E-state index contributed by atoms with van der Waals surface area (Å²) in [7, 11) is 0. The number of hydrogen-bond donors (Lipinski definition) is 2. The van der Waals surface area contributed by atoms with Crippen LogP contribution in [0.25, 0.3) is 11.1 Å². The predicted molar refractivity (Wildman–Crippen MR) is 99.5 cm³/mol. The van der Waals surface area contributed by atoms with E-state index in [1.54, 1.807) is 43.3 Å². The third kappa shape index (κ3) is 3.23. The summed E-state index contributed by atoms with van der Waals surface area (Å²) in [4.78, 5) is 31.3. The maximum Gasteiger partial charge on any atom is 0.258 e. The summed E-state index contributed by atoms with van der Waals surface area (Å²) in [5.41, 5.74) is 2.13. The largest absolute Gasteiger partial charge is 0.507 e. The van der Waals surface area contributed by atoms with Gasteiger partial charge < -0.3 is 19.7 Å². The summed E-state index contributed by atoms with van der Waals surface area (Å²) in [6, 6.07) is 11.0. The van der Waals surface area contributed by atoms with Gasteiger partial charge in [-0.1, -0.05) is 12.1 Å². The number of nitrogens with zero attached hydrogens (tertiary/aromatic N) is 2. The number of carbonyl (C=O) groups is 2. The number of benzene rings is 2. The molecule has 7 nitrogen and oxygen atoms in total. The van der Waals surface area contributed by atoms with E-state index in [0.29, 0.717) is 35.6 Å². The second-order valence-corrected chi connectivity index (χ2v) is 6.58. The molecule has 0 saturated carbocycles. The van der Waals surface area contributed by atoms with Gasteiger partial charge in [0, 0.05) is 19.2 Å². The van der Waals surface area contributed by atoms with Crippen molar-refractivity contribution in [3.8, 4) is 5.75 Å². The molecule has 2 N–H and O–H groups in total. The van der Waals surface area contributed by atoms with E-state index in [0.717, 1.165) is 6.42 Å². The van der Waals surface area contributed by atoms with Crippen molar-refractivity contribution in [1.29, 1.82) is 0 Å². The Balaban J connectivity index is 1.53. The quantitative estimate of drug-likeness (QED) is 0.744. The molecule has 2 heterocycles. The molecule has 2 aromatic carbocycles. The van der Waals surface area contributed by atoms with E-state index in [9.17, 15) is 14.7 Å². The summed E-state index contributed by atoms with van der Waals surface area (Å²) in [6.45, 7) is 2.24. The van der Waals surface area contributed by atoms with Crippen molar-refractivity contribution in [1.82, 2.24) is 9.88 Å². The summed E-state index contributed by atoms with van der Waals surface area (Å²) < 4.78 is 5.44. The van der Waals surface area contributed by atoms with Crippen LogP contribution in [0.15, 0.2) is 46.9 Å². The zero-order valence-electron chi connectivity index (χ0n) is 14.8. The first-order chi connectivity index (χ1) is 13.0. The lowest BCUT2D eigenvalue weighted by Crippen LogP contribution is -2.43. The maximum atomic E-state index is 12.8. The van der Waals surface area contributed by atoms with Gasteiger partial charge in [0.1, 0.15) is 17.3 Å². The number of anilines is 1. The van der Waals surface area contributed by atoms with Gasteiger partial charge in [0.25, 0.3) is 5.91 Å². The summed E-state index contributed by atoms with van der Waals surface area (Å²) in [5.74, 6) is -0.117. The van der Waals surface area contributed by atoms with Crippen molar-refractivity contribution in [3.63, 3.8) is 0 Å². The number of aromatic hydroxyl groups is 1. The molecule has 0 unspecified atom stereocenters. The van der Waals surface area contributed by atoms with Crippen LogP contribution in [0, 0.1) is 6.92 Å². The minimum absolute atomic E-state index is 0.0830. The van der Waals surface area contributed by atoms with Crippen molar-refractivity contribution in [2.45, 2.75) is 25.8 Å². The lowest BCUT2D eigenvalue weighted by molar-refractivity contribution is -0.119. The van der Waals surface area contributed by atoms with Crippen LogP contribution in [0.4, 0.5) is 5.69 Å². The average molecular weight is 365 g/mol. The van der Waals surface area contributed by atoms with E-state index in [1.165, 1.54) is 11.0 Å². The Morgan fingerprint density at radius 2 is 2.07 bits per heavy atom. The first-order valence-electron chi connectivity index (χ1n) is 8.80. The Labute approximate surface area is 155 Å². The normalized spacial score (nSPS) is 16.6. The number of phenols is 1. The number of oxazole rings is 1. The number of para-hydroxylation sites is 1. The Kier molecular flexibility index (Phi) is 4.27. The fourth-order valence-electron chi connectivity index (χ4n) is 3.44. The lowest BCUT2D eigenvalue weighted by atomic mass is 10.1. The minimum atomic E-state index is -0.577. The fourth-order valence-corrected chi connectivity index (χ4v) is 3.44. The smallest absolute Gasteiger partial charge is 0.258 e. The molecule has 4 rings (SSSR count). The van der Waals surface area contributed by atoms with Crippen LogP contribution in [0.1, 0.15) is 29.1 Å². The second-order valence-electron chi connectivity index (χ2n) is 6.58. The number of hydrogen-bond acceptors (Lipinski definition) is 5. The third-order valence-corrected chi connectivity index (χ3v) is 4.71. The topological polar surface area (TPSA) is 95.7 Å². The predicted octanol–water partition coefficient (Wildman–Crippen LogP) is 3.09. The Morgan fingerprint density at radius 1 is 1.26 bits per heavy atom. The molecule has 1 aliphatic rings. The number of rotatable bonds is 3. The number of phenolic OH excluding ortho intramolecular Hbond substituents is 1. The maximum absolute atomic E-state index is 12.8. The molecule has 0 bridgehead atoms. The highest BCUT2D eigenvalue weighted by molar-refractivity contribution is 6.03. The van der Waals surface area contributed by atoms with Crippen LogP contribution in [-0.2, 0) is 4.79 Å². The van der Waals surface area contributed by atoms with E-state index in [2.05, 4.69) is 10.3 Å². The van der Waals surface area contributed by atoms with Gasteiger partial charge in [-0.25, -0.2) is 4.98 Å². The molecule has 0 radical (unpaired) electrons. The van der Waals surface area contributed by atoms with E-state index < -0.39 is 6.04 Å². The molecule has 27 heavy (non-hydrogen) atoms. The van der Waals surface area contributed by atoms with E-state index in [1.807, 2.05) is 0 Å². The van der Waals surface area contributed by atoms with Gasteiger partial charge in [-0.2, -0.15) is 0 Å². The van der Waals surface area contributed by atoms with Gasteiger partial charge in [0.15, 0.2) is 11.5 Å². The van der Waals surface area contributed by atoms with Gasteiger partial charge in [0.05, 0.1) is 5.56 Å².